The second-order valence-electron chi connectivity index (χ2n) is 37.8. The monoisotopic (exact) mass is 1740 g/mol. The van der Waals surface area contributed by atoms with E-state index in [1.54, 1.807) is 0 Å². The number of furan rings is 2. The van der Waals surface area contributed by atoms with Crippen molar-refractivity contribution in [2.24, 2.45) is 0 Å². The number of allylic oxidation sites excluding steroid dienone is 2. The van der Waals surface area contributed by atoms with Crippen molar-refractivity contribution < 1.29 is 8.83 Å². The summed E-state index contributed by atoms with van der Waals surface area (Å²) in [6.45, 7) is 9.26. The average Bonchev–Trinajstić information content (AvgIpc) is 1.55. The molecule has 1 aliphatic rings. The molecule has 0 spiro atoms. The highest BCUT2D eigenvalue weighted by Crippen LogP contribution is 2.52. The van der Waals surface area contributed by atoms with Gasteiger partial charge in [0.2, 0.25) is 0 Å². The summed E-state index contributed by atoms with van der Waals surface area (Å²) in [7, 11) is 0. The van der Waals surface area contributed by atoms with Gasteiger partial charge in [-0.3, -0.25) is 0 Å². The van der Waals surface area contributed by atoms with Gasteiger partial charge in [0, 0.05) is 133 Å². The fourth-order valence-electron chi connectivity index (χ4n) is 22.3. The molecule has 1 aliphatic carbocycles. The summed E-state index contributed by atoms with van der Waals surface area (Å²) in [4.78, 5) is 7.43. The molecular weight excluding hydrogens is 1660 g/mol. The van der Waals surface area contributed by atoms with Crippen molar-refractivity contribution in [2.75, 3.05) is 14.7 Å². The molecule has 1 atom stereocenters. The summed E-state index contributed by atoms with van der Waals surface area (Å²) in [5, 5.41) is 21.1. The summed E-state index contributed by atoms with van der Waals surface area (Å²) in [5.41, 5.74) is 26.6. The third-order valence-corrected chi connectivity index (χ3v) is 28.7. The molecule has 0 radical (unpaired) electrons. The largest absolute Gasteiger partial charge is 0.456 e. The number of hydrogen-bond donors (Lipinski definition) is 0. The van der Waals surface area contributed by atoms with Crippen LogP contribution in [0.25, 0.3) is 198 Å². The lowest BCUT2D eigenvalue weighted by Gasteiger charge is -2.42. The molecule has 27 rings (SSSR count). The van der Waals surface area contributed by atoms with Crippen molar-refractivity contribution in [3.8, 4) is 45.4 Å². The molecule has 6 heterocycles. The minimum atomic E-state index is -0.389. The standard InChI is InChI=1S/C127H89N7O2/c1-126(2,3)89-47-51-95(52-48-89)129(98-54-58-107-115(78-98)131(92-33-15-7-16-34-92)111-66-62-102-103(123(107)111)61-65-110-122(102)106-57-53-97(77-114(106)130(110)91-31-13-6-14-32-91)128(90-29-11-5-12-30-90)96-49-45-81-71-87(43-41-83(81)73-96)120-75-85-27-21-23-39-118(85)135-120)99-55-59-108-116(79-99)132(93-35-17-8-18-36-93)112-67-63-105-104(124(108)112)64-68-113-125(105)109-60-56-101(80-117(109)133(113)94-37-19-9-20-38-94)134(127(4)69-25-10-26-70-127)100-50-46-82-72-88(44-42-84(82)74-100)121-76-86-28-22-24-40-119(86)136-121/h5-69,71-80H,70H2,1-4H3. The van der Waals surface area contributed by atoms with E-state index < -0.39 is 0 Å². The van der Waals surface area contributed by atoms with Crippen LogP contribution in [0.5, 0.6) is 0 Å². The Morgan fingerprint density at radius 2 is 0.559 bits per heavy atom. The first kappa shape index (κ1) is 78.4. The van der Waals surface area contributed by atoms with Crippen molar-refractivity contribution in [3.05, 3.63) is 461 Å². The van der Waals surface area contributed by atoms with Crippen LogP contribution < -0.4 is 14.7 Å². The molecular formula is C127H89N7O2. The molecule has 1 unspecified atom stereocenters. The van der Waals surface area contributed by atoms with Gasteiger partial charge in [-0.25, -0.2) is 0 Å². The number of aromatic nitrogens is 4. The molecule has 136 heavy (non-hydrogen) atoms. The fraction of sp³-hybridized carbons (Fsp3) is 0.0551. The van der Waals surface area contributed by atoms with E-state index in [0.29, 0.717) is 0 Å². The number of benzene rings is 20. The van der Waals surface area contributed by atoms with Crippen LogP contribution in [-0.4, -0.2) is 23.8 Å². The summed E-state index contributed by atoms with van der Waals surface area (Å²) in [6.07, 6.45) is 9.88. The minimum absolute atomic E-state index is 0.0726. The normalized spacial score (nSPS) is 13.7. The van der Waals surface area contributed by atoms with Crippen LogP contribution in [0.1, 0.15) is 39.7 Å². The van der Waals surface area contributed by atoms with E-state index in [9.17, 15) is 0 Å². The van der Waals surface area contributed by atoms with Crippen LogP contribution in [-0.2, 0) is 5.41 Å². The maximum absolute atomic E-state index is 6.39. The molecule has 20 aromatic carbocycles. The number of anilines is 8. The van der Waals surface area contributed by atoms with E-state index in [4.69, 9.17) is 8.83 Å². The van der Waals surface area contributed by atoms with Crippen molar-refractivity contribution >= 4 is 198 Å². The Morgan fingerprint density at radius 3 is 0.949 bits per heavy atom. The van der Waals surface area contributed by atoms with E-state index in [1.807, 2.05) is 24.3 Å². The van der Waals surface area contributed by atoms with Crippen LogP contribution >= 0.6 is 0 Å². The van der Waals surface area contributed by atoms with Crippen LogP contribution in [0.15, 0.2) is 464 Å². The number of para-hydroxylation sites is 7. The van der Waals surface area contributed by atoms with Gasteiger partial charge in [0.1, 0.15) is 22.7 Å². The summed E-state index contributed by atoms with van der Waals surface area (Å²) >= 11 is 0. The van der Waals surface area contributed by atoms with Crippen LogP contribution in [0.4, 0.5) is 45.5 Å². The molecule has 0 N–H and O–H groups in total. The maximum atomic E-state index is 6.39. The number of hydrogen-bond acceptors (Lipinski definition) is 5. The zero-order valence-corrected chi connectivity index (χ0v) is 75.5. The second-order valence-corrected chi connectivity index (χ2v) is 37.8. The Kier molecular flexibility index (Phi) is 17.6. The first-order valence-corrected chi connectivity index (χ1v) is 47.0. The smallest absolute Gasteiger partial charge is 0.135 e. The Balaban J connectivity index is 0.613. The third-order valence-electron chi connectivity index (χ3n) is 28.7. The Morgan fingerprint density at radius 1 is 0.250 bits per heavy atom. The summed E-state index contributed by atoms with van der Waals surface area (Å²) < 4.78 is 22.7. The topological polar surface area (TPSA) is 55.7 Å². The van der Waals surface area contributed by atoms with Crippen molar-refractivity contribution in [2.45, 2.75) is 45.1 Å². The molecule has 9 nitrogen and oxygen atoms in total. The Labute approximate surface area is 785 Å². The lowest BCUT2D eigenvalue weighted by molar-refractivity contribution is 0.570. The molecule has 644 valence electrons. The van der Waals surface area contributed by atoms with E-state index in [1.165, 1.54) is 70.2 Å². The van der Waals surface area contributed by atoms with E-state index in [2.05, 4.69) is 491 Å². The number of rotatable bonds is 15. The van der Waals surface area contributed by atoms with Gasteiger partial charge in [0.25, 0.3) is 0 Å². The maximum Gasteiger partial charge on any atom is 0.135 e. The molecule has 0 amide bonds. The molecule has 26 aromatic rings. The van der Waals surface area contributed by atoms with Gasteiger partial charge in [0.15, 0.2) is 0 Å². The van der Waals surface area contributed by atoms with Gasteiger partial charge >= 0.3 is 0 Å². The van der Waals surface area contributed by atoms with Crippen LogP contribution in [0.3, 0.4) is 0 Å². The minimum Gasteiger partial charge on any atom is -0.456 e. The quantitative estimate of drug-likeness (QED) is 0.102. The van der Waals surface area contributed by atoms with E-state index >= 15 is 0 Å². The van der Waals surface area contributed by atoms with E-state index in [0.717, 1.165) is 185 Å². The first-order valence-electron chi connectivity index (χ1n) is 47.0. The van der Waals surface area contributed by atoms with Crippen LogP contribution in [0.2, 0.25) is 0 Å². The molecule has 0 bridgehead atoms. The third kappa shape index (κ3) is 12.5. The fourth-order valence-corrected chi connectivity index (χ4v) is 22.3. The number of nitrogens with zero attached hydrogens (tertiary/aromatic N) is 7. The zero-order valence-electron chi connectivity index (χ0n) is 75.5. The highest BCUT2D eigenvalue weighted by atomic mass is 16.3. The zero-order chi connectivity index (χ0) is 90.2. The van der Waals surface area contributed by atoms with Crippen molar-refractivity contribution in [3.63, 3.8) is 0 Å². The SMILES string of the molecule is CC(C)(C)c1ccc(N(c2ccc3c4c5ccc6c(c5ccc4n(-c4ccccc4)c3c2)c2ccc(N(c3ccccc3)c3ccc4cc(-c5cc7ccccc7o5)ccc4c3)cc2n6-c2ccccc2)c2ccc3c4c5ccc6c(c5ccc4n(-c4ccccc4)c3c2)c2ccc(N(c3ccc4cc(-c5cc7ccccc7o5)ccc4c3)C3(C)C=CC=CC3)cc2n6-c2ccccc2)cc1. The van der Waals surface area contributed by atoms with Gasteiger partial charge in [-0.2, -0.15) is 0 Å². The van der Waals surface area contributed by atoms with Crippen LogP contribution in [0, 0.1) is 0 Å². The molecule has 6 aromatic heterocycles. The second kappa shape index (κ2) is 30.6. The van der Waals surface area contributed by atoms with Gasteiger partial charge in [0.05, 0.1) is 49.7 Å². The first-order chi connectivity index (χ1) is 66.9. The van der Waals surface area contributed by atoms with Crippen molar-refractivity contribution in [1.29, 1.82) is 0 Å². The highest BCUT2D eigenvalue weighted by Gasteiger charge is 2.34. The average molecular weight is 1750 g/mol. The molecule has 9 heteroatoms. The van der Waals surface area contributed by atoms with Gasteiger partial charge in [-0.05, 0) is 274 Å². The van der Waals surface area contributed by atoms with Gasteiger partial charge < -0.3 is 41.8 Å². The molecule has 0 saturated heterocycles. The summed E-state index contributed by atoms with van der Waals surface area (Å²) in [6, 6.07) is 159. The summed E-state index contributed by atoms with van der Waals surface area (Å²) in [5.74, 6) is 1.73. The number of fused-ring (bicyclic) bond motifs is 22. The molecule has 0 saturated carbocycles. The highest BCUT2D eigenvalue weighted by molar-refractivity contribution is 6.32. The van der Waals surface area contributed by atoms with Gasteiger partial charge in [-0.1, -0.05) is 270 Å². The molecule has 0 fully saturated rings. The lowest BCUT2D eigenvalue weighted by atomic mass is 9.87. The predicted octanol–water partition coefficient (Wildman–Crippen LogP) is 35.2. The lowest BCUT2D eigenvalue weighted by Crippen LogP contribution is -2.42. The Bertz CT molecular complexity index is 9390. The van der Waals surface area contributed by atoms with Crippen molar-refractivity contribution in [1.82, 2.24) is 18.3 Å². The van der Waals surface area contributed by atoms with Gasteiger partial charge in [-0.15, -0.1) is 0 Å². The Hall–Kier alpha value is -17.4. The predicted molar refractivity (Wildman–Crippen MR) is 572 cm³/mol. The molecule has 0 aliphatic heterocycles. The van der Waals surface area contributed by atoms with E-state index in [-0.39, 0.29) is 11.0 Å².